The molecule has 0 aliphatic carbocycles. The highest BCUT2D eigenvalue weighted by Crippen LogP contribution is 2.25. The van der Waals surface area contributed by atoms with Crippen LogP contribution < -0.4 is 5.32 Å². The van der Waals surface area contributed by atoms with Crippen LogP contribution in [0.4, 0.5) is 0 Å². The van der Waals surface area contributed by atoms with E-state index in [4.69, 9.17) is 4.74 Å². The van der Waals surface area contributed by atoms with E-state index in [1.165, 1.54) is 10.4 Å². The van der Waals surface area contributed by atoms with E-state index in [1.54, 1.807) is 11.3 Å². The van der Waals surface area contributed by atoms with Crippen LogP contribution in [0.25, 0.3) is 0 Å². The first-order valence-corrected chi connectivity index (χ1v) is 6.57. The predicted octanol–water partition coefficient (Wildman–Crippen LogP) is 1.69. The molecule has 1 saturated heterocycles. The summed E-state index contributed by atoms with van der Waals surface area (Å²) in [5.41, 5.74) is 0.630. The zero-order valence-electron chi connectivity index (χ0n) is 9.82. The molecule has 0 bridgehead atoms. The van der Waals surface area contributed by atoms with Gasteiger partial charge < -0.3 is 15.2 Å². The molecule has 2 heterocycles. The lowest BCUT2D eigenvalue weighted by atomic mass is 9.97. The van der Waals surface area contributed by atoms with E-state index in [1.807, 2.05) is 6.92 Å². The number of aryl methyl sites for hydroxylation is 1. The summed E-state index contributed by atoms with van der Waals surface area (Å²) in [5.74, 6) is 0. The zero-order chi connectivity index (χ0) is 11.6. The summed E-state index contributed by atoms with van der Waals surface area (Å²) in [7, 11) is 0. The van der Waals surface area contributed by atoms with Crippen LogP contribution in [0, 0.1) is 6.92 Å². The number of hydrogen-bond donors (Lipinski definition) is 2. The van der Waals surface area contributed by atoms with Crippen LogP contribution in [-0.4, -0.2) is 30.0 Å². The topological polar surface area (TPSA) is 41.5 Å². The number of aliphatic hydroxyl groups is 1. The van der Waals surface area contributed by atoms with Gasteiger partial charge in [-0.3, -0.25) is 0 Å². The van der Waals surface area contributed by atoms with Crippen LogP contribution >= 0.6 is 11.3 Å². The molecule has 2 unspecified atom stereocenters. The van der Waals surface area contributed by atoms with E-state index in [2.05, 4.69) is 23.7 Å². The van der Waals surface area contributed by atoms with Crippen molar-refractivity contribution in [2.75, 3.05) is 13.2 Å². The van der Waals surface area contributed by atoms with Crippen molar-refractivity contribution in [2.24, 2.45) is 0 Å². The average Bonchev–Trinajstić information content (AvgIpc) is 2.77. The summed E-state index contributed by atoms with van der Waals surface area (Å²) in [6, 6.07) is 2.12. The number of thiophene rings is 1. The molecule has 2 rings (SSSR count). The quantitative estimate of drug-likeness (QED) is 0.843. The van der Waals surface area contributed by atoms with Gasteiger partial charge in [0.1, 0.15) is 5.60 Å². The van der Waals surface area contributed by atoms with Gasteiger partial charge in [-0.15, -0.1) is 11.3 Å². The standard InChI is InChI=1S/C12H19NO2S/c1-9-3-6-16-11(9)7-13-8-12(14)4-5-15-10(12)2/h3,6,10,13-14H,4-5,7-8H2,1-2H3. The molecule has 1 fully saturated rings. The maximum atomic E-state index is 10.3. The Morgan fingerprint density at radius 3 is 3.06 bits per heavy atom. The van der Waals surface area contributed by atoms with Gasteiger partial charge in [-0.1, -0.05) is 0 Å². The van der Waals surface area contributed by atoms with Crippen LogP contribution in [0.2, 0.25) is 0 Å². The Morgan fingerprint density at radius 2 is 2.50 bits per heavy atom. The van der Waals surface area contributed by atoms with E-state index in [-0.39, 0.29) is 6.10 Å². The molecule has 0 radical (unpaired) electrons. The highest BCUT2D eigenvalue weighted by molar-refractivity contribution is 7.10. The lowest BCUT2D eigenvalue weighted by molar-refractivity contribution is -0.0262. The molecule has 0 spiro atoms. The fourth-order valence-corrected chi connectivity index (χ4v) is 2.86. The molecule has 1 aromatic rings. The summed E-state index contributed by atoms with van der Waals surface area (Å²) in [5, 5.41) is 15.7. The third-order valence-electron chi connectivity index (χ3n) is 3.34. The lowest BCUT2D eigenvalue weighted by Gasteiger charge is -2.26. The van der Waals surface area contributed by atoms with Gasteiger partial charge in [0.05, 0.1) is 6.10 Å². The van der Waals surface area contributed by atoms with E-state index in [0.29, 0.717) is 13.2 Å². The van der Waals surface area contributed by atoms with Gasteiger partial charge in [-0.25, -0.2) is 0 Å². The van der Waals surface area contributed by atoms with Crippen molar-refractivity contribution in [1.29, 1.82) is 0 Å². The highest BCUT2D eigenvalue weighted by Gasteiger charge is 2.38. The molecule has 2 N–H and O–H groups in total. The number of ether oxygens (including phenoxy) is 1. The van der Waals surface area contributed by atoms with Crippen molar-refractivity contribution in [2.45, 2.75) is 38.5 Å². The van der Waals surface area contributed by atoms with Crippen LogP contribution in [0.1, 0.15) is 23.8 Å². The fourth-order valence-electron chi connectivity index (χ4n) is 1.98. The lowest BCUT2D eigenvalue weighted by Crippen LogP contribution is -2.45. The third kappa shape index (κ3) is 2.46. The normalized spacial score (nSPS) is 29.8. The largest absolute Gasteiger partial charge is 0.386 e. The molecule has 0 saturated carbocycles. The molecular weight excluding hydrogens is 222 g/mol. The third-order valence-corrected chi connectivity index (χ3v) is 4.37. The van der Waals surface area contributed by atoms with E-state index < -0.39 is 5.60 Å². The Morgan fingerprint density at radius 1 is 1.69 bits per heavy atom. The minimum absolute atomic E-state index is 0.0653. The maximum absolute atomic E-state index is 10.3. The summed E-state index contributed by atoms with van der Waals surface area (Å²) >= 11 is 1.76. The van der Waals surface area contributed by atoms with Crippen molar-refractivity contribution in [3.8, 4) is 0 Å². The monoisotopic (exact) mass is 241 g/mol. The Balaban J connectivity index is 1.82. The Bertz CT molecular complexity index is 353. The molecular formula is C12H19NO2S. The number of rotatable bonds is 4. The van der Waals surface area contributed by atoms with Crippen molar-refractivity contribution < 1.29 is 9.84 Å². The number of nitrogens with one attached hydrogen (secondary N) is 1. The van der Waals surface area contributed by atoms with Crippen LogP contribution in [0.15, 0.2) is 11.4 Å². The first-order chi connectivity index (χ1) is 7.62. The van der Waals surface area contributed by atoms with Gasteiger partial charge in [0.2, 0.25) is 0 Å². The van der Waals surface area contributed by atoms with Crippen LogP contribution in [-0.2, 0) is 11.3 Å². The SMILES string of the molecule is Cc1ccsc1CNCC1(O)CCOC1C. The van der Waals surface area contributed by atoms with Crippen LogP contribution in [0.3, 0.4) is 0 Å². The van der Waals surface area contributed by atoms with Crippen molar-refractivity contribution in [3.05, 3.63) is 21.9 Å². The van der Waals surface area contributed by atoms with Gasteiger partial charge in [0, 0.05) is 31.0 Å². The number of hydrogen-bond acceptors (Lipinski definition) is 4. The summed E-state index contributed by atoms with van der Waals surface area (Å²) in [6.45, 7) is 6.15. The zero-order valence-corrected chi connectivity index (χ0v) is 10.6. The van der Waals surface area contributed by atoms with Crippen molar-refractivity contribution >= 4 is 11.3 Å². The summed E-state index contributed by atoms with van der Waals surface area (Å²) in [4.78, 5) is 1.34. The molecule has 0 aromatic carbocycles. The first kappa shape index (κ1) is 12.0. The molecule has 0 amide bonds. The molecule has 1 aliphatic heterocycles. The molecule has 1 aromatic heterocycles. The summed E-state index contributed by atoms with van der Waals surface area (Å²) in [6.07, 6.45) is 0.661. The molecule has 16 heavy (non-hydrogen) atoms. The van der Waals surface area contributed by atoms with E-state index in [9.17, 15) is 5.11 Å². The van der Waals surface area contributed by atoms with Gasteiger partial charge in [0.25, 0.3) is 0 Å². The second-order valence-corrected chi connectivity index (χ2v) is 5.50. The van der Waals surface area contributed by atoms with Crippen molar-refractivity contribution in [3.63, 3.8) is 0 Å². The molecule has 90 valence electrons. The molecule has 1 aliphatic rings. The minimum atomic E-state index is -0.689. The molecule has 4 heteroatoms. The predicted molar refractivity (Wildman–Crippen MR) is 65.7 cm³/mol. The maximum Gasteiger partial charge on any atom is 0.105 e. The smallest absolute Gasteiger partial charge is 0.105 e. The van der Waals surface area contributed by atoms with Gasteiger partial charge in [-0.2, -0.15) is 0 Å². The van der Waals surface area contributed by atoms with Gasteiger partial charge in [0.15, 0.2) is 0 Å². The Kier molecular flexibility index (Phi) is 3.64. The highest BCUT2D eigenvalue weighted by atomic mass is 32.1. The second-order valence-electron chi connectivity index (χ2n) is 4.50. The van der Waals surface area contributed by atoms with Gasteiger partial charge in [-0.05, 0) is 30.9 Å². The van der Waals surface area contributed by atoms with Crippen molar-refractivity contribution in [1.82, 2.24) is 5.32 Å². The first-order valence-electron chi connectivity index (χ1n) is 5.69. The molecule has 3 nitrogen and oxygen atoms in total. The van der Waals surface area contributed by atoms with E-state index >= 15 is 0 Å². The summed E-state index contributed by atoms with van der Waals surface area (Å²) < 4.78 is 5.39. The molecule has 2 atom stereocenters. The fraction of sp³-hybridized carbons (Fsp3) is 0.667. The average molecular weight is 241 g/mol. The Labute approximate surface area is 100 Å². The minimum Gasteiger partial charge on any atom is -0.386 e. The second kappa shape index (κ2) is 4.84. The van der Waals surface area contributed by atoms with E-state index in [0.717, 1.165) is 13.0 Å². The van der Waals surface area contributed by atoms with Crippen LogP contribution in [0.5, 0.6) is 0 Å². The Hall–Kier alpha value is -0.420. The van der Waals surface area contributed by atoms with Gasteiger partial charge >= 0.3 is 0 Å².